The second-order valence-electron chi connectivity index (χ2n) is 5.71. The van der Waals surface area contributed by atoms with Crippen LogP contribution in [0.4, 0.5) is 5.69 Å². The van der Waals surface area contributed by atoms with Crippen LogP contribution in [0.1, 0.15) is 25.8 Å². The molecule has 1 aliphatic carbocycles. The molecule has 0 bridgehead atoms. The zero-order chi connectivity index (χ0) is 14.2. The fourth-order valence-electron chi connectivity index (χ4n) is 2.65. The maximum atomic E-state index is 10.8. The molecule has 0 spiro atoms. The molecule has 5 nitrogen and oxygen atoms in total. The molecule has 0 saturated heterocycles. The molecule has 0 amide bonds. The molecule has 0 heterocycles. The third-order valence-corrected chi connectivity index (χ3v) is 4.17. The van der Waals surface area contributed by atoms with Crippen molar-refractivity contribution in [2.45, 2.75) is 39.3 Å². The van der Waals surface area contributed by atoms with Crippen LogP contribution in [0.5, 0.6) is 5.75 Å². The molecule has 1 saturated carbocycles. The van der Waals surface area contributed by atoms with Crippen molar-refractivity contribution in [3.05, 3.63) is 33.9 Å². The Morgan fingerprint density at radius 1 is 1.47 bits per heavy atom. The average molecular weight is 264 g/mol. The number of benzene rings is 1. The summed E-state index contributed by atoms with van der Waals surface area (Å²) in [5.41, 5.74) is 0.836. The number of hydrogen-bond acceptors (Lipinski definition) is 4. The van der Waals surface area contributed by atoms with Gasteiger partial charge >= 0.3 is 0 Å². The molecule has 5 heteroatoms. The van der Waals surface area contributed by atoms with Gasteiger partial charge in [-0.3, -0.25) is 10.1 Å². The Hall–Kier alpha value is -1.62. The molecule has 0 radical (unpaired) electrons. The lowest BCUT2D eigenvalue weighted by atomic mass is 9.64. The molecule has 2 atom stereocenters. The van der Waals surface area contributed by atoms with Crippen LogP contribution in [-0.2, 0) is 0 Å². The van der Waals surface area contributed by atoms with Crippen molar-refractivity contribution >= 4 is 5.69 Å². The predicted octanol–water partition coefficient (Wildman–Crippen LogP) is 2.67. The normalized spacial score (nSPS) is 24.6. The Labute approximate surface area is 113 Å². The van der Waals surface area contributed by atoms with E-state index in [2.05, 4.69) is 19.2 Å². The molecule has 1 aromatic carbocycles. The van der Waals surface area contributed by atoms with Crippen molar-refractivity contribution in [2.75, 3.05) is 7.05 Å². The van der Waals surface area contributed by atoms with E-state index >= 15 is 0 Å². The van der Waals surface area contributed by atoms with Gasteiger partial charge in [0.05, 0.1) is 4.92 Å². The lowest BCUT2D eigenvalue weighted by Gasteiger charge is -2.51. The minimum atomic E-state index is -0.372. The van der Waals surface area contributed by atoms with Crippen LogP contribution in [0, 0.1) is 22.5 Å². The molecule has 1 aliphatic rings. The molecule has 104 valence electrons. The number of ether oxygens (including phenoxy) is 1. The quantitative estimate of drug-likeness (QED) is 0.670. The van der Waals surface area contributed by atoms with Crippen LogP contribution in [0.2, 0.25) is 0 Å². The van der Waals surface area contributed by atoms with E-state index in [0.717, 1.165) is 6.42 Å². The summed E-state index contributed by atoms with van der Waals surface area (Å²) in [6, 6.07) is 5.37. The van der Waals surface area contributed by atoms with Crippen molar-refractivity contribution in [2.24, 2.45) is 5.41 Å². The van der Waals surface area contributed by atoms with Gasteiger partial charge in [0.2, 0.25) is 0 Å². The minimum absolute atomic E-state index is 0.0738. The SMILES string of the molecule is CNC1CC(Oc2ccc([N+](=O)[O-])c(C)c2)C1(C)C. The smallest absolute Gasteiger partial charge is 0.272 e. The highest BCUT2D eigenvalue weighted by Crippen LogP contribution is 2.43. The maximum absolute atomic E-state index is 10.8. The number of rotatable bonds is 4. The molecule has 19 heavy (non-hydrogen) atoms. The summed E-state index contributed by atoms with van der Waals surface area (Å²) in [5.74, 6) is 0.704. The van der Waals surface area contributed by atoms with Gasteiger partial charge in [0.25, 0.3) is 5.69 Å². The maximum Gasteiger partial charge on any atom is 0.272 e. The van der Waals surface area contributed by atoms with Crippen LogP contribution in [0.15, 0.2) is 18.2 Å². The van der Waals surface area contributed by atoms with Gasteiger partial charge < -0.3 is 10.1 Å². The Bertz CT molecular complexity index is 499. The van der Waals surface area contributed by atoms with Gasteiger partial charge in [-0.2, -0.15) is 0 Å². The first kappa shape index (κ1) is 13.8. The van der Waals surface area contributed by atoms with Crippen LogP contribution in [0.3, 0.4) is 0 Å². The summed E-state index contributed by atoms with van der Waals surface area (Å²) in [5, 5.41) is 14.0. The van der Waals surface area contributed by atoms with Gasteiger partial charge in [-0.1, -0.05) is 13.8 Å². The number of hydrogen-bond donors (Lipinski definition) is 1. The van der Waals surface area contributed by atoms with E-state index in [1.807, 2.05) is 7.05 Å². The molecule has 0 aromatic heterocycles. The molecule has 2 unspecified atom stereocenters. The summed E-state index contributed by atoms with van der Waals surface area (Å²) in [6.45, 7) is 6.06. The fraction of sp³-hybridized carbons (Fsp3) is 0.571. The predicted molar refractivity (Wildman–Crippen MR) is 73.5 cm³/mol. The number of nitrogens with zero attached hydrogens (tertiary/aromatic N) is 1. The highest BCUT2D eigenvalue weighted by molar-refractivity contribution is 5.44. The van der Waals surface area contributed by atoms with E-state index in [9.17, 15) is 10.1 Å². The summed E-state index contributed by atoms with van der Waals surface area (Å²) in [6.07, 6.45) is 1.10. The Morgan fingerprint density at radius 2 is 2.16 bits per heavy atom. The summed E-state index contributed by atoms with van der Waals surface area (Å²) in [7, 11) is 1.96. The molecular weight excluding hydrogens is 244 g/mol. The molecule has 0 aliphatic heterocycles. The topological polar surface area (TPSA) is 64.4 Å². The van der Waals surface area contributed by atoms with Gasteiger partial charge in [0.1, 0.15) is 11.9 Å². The lowest BCUT2D eigenvalue weighted by molar-refractivity contribution is -0.385. The zero-order valence-electron chi connectivity index (χ0n) is 11.8. The van der Waals surface area contributed by atoms with Gasteiger partial charge in [-0.05, 0) is 26.1 Å². The van der Waals surface area contributed by atoms with E-state index in [4.69, 9.17) is 4.74 Å². The third-order valence-electron chi connectivity index (χ3n) is 4.17. The third kappa shape index (κ3) is 2.42. The molecule has 1 N–H and O–H groups in total. The zero-order valence-corrected chi connectivity index (χ0v) is 11.8. The van der Waals surface area contributed by atoms with Crippen LogP contribution in [0.25, 0.3) is 0 Å². The van der Waals surface area contributed by atoms with E-state index in [1.54, 1.807) is 19.1 Å². The summed E-state index contributed by atoms with van der Waals surface area (Å²) < 4.78 is 5.95. The average Bonchev–Trinajstić information content (AvgIpc) is 2.33. The summed E-state index contributed by atoms with van der Waals surface area (Å²) >= 11 is 0. The molecule has 1 fully saturated rings. The van der Waals surface area contributed by atoms with Gasteiger partial charge in [0.15, 0.2) is 0 Å². The van der Waals surface area contributed by atoms with Gasteiger partial charge in [-0.25, -0.2) is 0 Å². The second-order valence-corrected chi connectivity index (χ2v) is 5.71. The monoisotopic (exact) mass is 264 g/mol. The Kier molecular flexibility index (Phi) is 3.49. The van der Waals surface area contributed by atoms with Crippen LogP contribution in [-0.4, -0.2) is 24.1 Å². The van der Waals surface area contributed by atoms with E-state index < -0.39 is 0 Å². The molecule has 2 rings (SSSR count). The van der Waals surface area contributed by atoms with Gasteiger partial charge in [-0.15, -0.1) is 0 Å². The van der Waals surface area contributed by atoms with E-state index in [1.165, 1.54) is 6.07 Å². The van der Waals surface area contributed by atoms with Crippen molar-refractivity contribution in [1.82, 2.24) is 5.32 Å². The van der Waals surface area contributed by atoms with E-state index in [-0.39, 0.29) is 22.1 Å². The van der Waals surface area contributed by atoms with Crippen LogP contribution >= 0.6 is 0 Å². The van der Waals surface area contributed by atoms with Crippen molar-refractivity contribution in [1.29, 1.82) is 0 Å². The Morgan fingerprint density at radius 3 is 2.63 bits per heavy atom. The van der Waals surface area contributed by atoms with Gasteiger partial charge in [0, 0.05) is 29.5 Å². The van der Waals surface area contributed by atoms with Crippen molar-refractivity contribution < 1.29 is 9.66 Å². The number of nitrogens with one attached hydrogen (secondary N) is 1. The summed E-state index contributed by atoms with van der Waals surface area (Å²) in [4.78, 5) is 10.4. The second kappa shape index (κ2) is 4.81. The van der Waals surface area contributed by atoms with Crippen molar-refractivity contribution in [3.8, 4) is 5.75 Å². The Balaban J connectivity index is 2.09. The first-order valence-electron chi connectivity index (χ1n) is 6.45. The lowest BCUT2D eigenvalue weighted by Crippen LogP contribution is -2.61. The highest BCUT2D eigenvalue weighted by Gasteiger charge is 2.49. The highest BCUT2D eigenvalue weighted by atomic mass is 16.6. The van der Waals surface area contributed by atoms with Crippen LogP contribution < -0.4 is 10.1 Å². The molecule has 1 aromatic rings. The number of nitro groups is 1. The van der Waals surface area contributed by atoms with Crippen molar-refractivity contribution in [3.63, 3.8) is 0 Å². The molecular formula is C14H20N2O3. The largest absolute Gasteiger partial charge is 0.490 e. The fourth-order valence-corrected chi connectivity index (χ4v) is 2.65. The number of nitro benzene ring substituents is 1. The first-order chi connectivity index (χ1) is 8.86. The van der Waals surface area contributed by atoms with E-state index in [0.29, 0.717) is 17.4 Å². The first-order valence-corrected chi connectivity index (χ1v) is 6.45. The number of aryl methyl sites for hydroxylation is 1. The standard InChI is InChI=1S/C14H20N2O3/c1-9-7-10(5-6-11(9)16(17)18)19-13-8-12(15-4)14(13,2)3/h5-7,12-13,15H,8H2,1-4H3. The minimum Gasteiger partial charge on any atom is -0.490 e.